The van der Waals surface area contributed by atoms with E-state index >= 15 is 0 Å². The summed E-state index contributed by atoms with van der Waals surface area (Å²) >= 11 is 0. The molecule has 1 rings (SSSR count). The van der Waals surface area contributed by atoms with Crippen LogP contribution in [0.4, 0.5) is 0 Å². The van der Waals surface area contributed by atoms with Crippen LogP contribution in [-0.4, -0.2) is 37.1 Å². The maximum Gasteiger partial charge on any atom is 0.0243 e. The SMILES string of the molecule is CC(C)=CCN1CCCNC(C(C)(C)C)C1. The van der Waals surface area contributed by atoms with Crippen molar-refractivity contribution < 1.29 is 0 Å². The summed E-state index contributed by atoms with van der Waals surface area (Å²) in [6.45, 7) is 16.0. The molecular formula is C14H28N2. The van der Waals surface area contributed by atoms with E-state index in [1.165, 1.54) is 25.1 Å². The van der Waals surface area contributed by atoms with E-state index in [1.807, 2.05) is 0 Å². The molecule has 0 aromatic heterocycles. The average Bonchev–Trinajstić information content (AvgIpc) is 2.38. The molecule has 16 heavy (non-hydrogen) atoms. The van der Waals surface area contributed by atoms with E-state index in [1.54, 1.807) is 0 Å². The minimum atomic E-state index is 0.355. The van der Waals surface area contributed by atoms with Gasteiger partial charge in [-0.3, -0.25) is 4.90 Å². The van der Waals surface area contributed by atoms with E-state index in [4.69, 9.17) is 0 Å². The second-order valence-corrected chi connectivity index (χ2v) is 6.27. The molecule has 0 aliphatic carbocycles. The van der Waals surface area contributed by atoms with E-state index in [-0.39, 0.29) is 0 Å². The number of nitrogens with zero attached hydrogens (tertiary/aromatic N) is 1. The Kier molecular flexibility index (Phi) is 5.00. The first-order chi connectivity index (χ1) is 7.39. The Morgan fingerprint density at radius 1 is 1.38 bits per heavy atom. The van der Waals surface area contributed by atoms with Gasteiger partial charge >= 0.3 is 0 Å². The van der Waals surface area contributed by atoms with Crippen molar-refractivity contribution in [3.05, 3.63) is 11.6 Å². The summed E-state index contributed by atoms with van der Waals surface area (Å²) in [4.78, 5) is 2.57. The van der Waals surface area contributed by atoms with Gasteiger partial charge in [-0.1, -0.05) is 32.4 Å². The molecular weight excluding hydrogens is 196 g/mol. The first-order valence-corrected chi connectivity index (χ1v) is 6.48. The summed E-state index contributed by atoms with van der Waals surface area (Å²) in [6.07, 6.45) is 3.61. The lowest BCUT2D eigenvalue weighted by Gasteiger charge is -2.33. The molecule has 1 N–H and O–H groups in total. The predicted octanol–water partition coefficient (Wildman–Crippen LogP) is 2.66. The monoisotopic (exact) mass is 224 g/mol. The quantitative estimate of drug-likeness (QED) is 0.726. The highest BCUT2D eigenvalue weighted by Gasteiger charge is 2.27. The van der Waals surface area contributed by atoms with Gasteiger partial charge in [-0.15, -0.1) is 0 Å². The Morgan fingerprint density at radius 3 is 2.62 bits per heavy atom. The van der Waals surface area contributed by atoms with Gasteiger partial charge in [-0.2, -0.15) is 0 Å². The minimum absolute atomic E-state index is 0.355. The third kappa shape index (κ3) is 4.67. The Morgan fingerprint density at radius 2 is 2.06 bits per heavy atom. The molecule has 2 nitrogen and oxygen atoms in total. The lowest BCUT2D eigenvalue weighted by Crippen LogP contribution is -2.46. The van der Waals surface area contributed by atoms with Crippen LogP contribution < -0.4 is 5.32 Å². The fraction of sp³-hybridized carbons (Fsp3) is 0.857. The molecule has 1 aliphatic heterocycles. The van der Waals surface area contributed by atoms with E-state index in [0.29, 0.717) is 11.5 Å². The summed E-state index contributed by atoms with van der Waals surface area (Å²) in [5.41, 5.74) is 1.78. The van der Waals surface area contributed by atoms with Crippen LogP contribution in [0.5, 0.6) is 0 Å². The summed E-state index contributed by atoms with van der Waals surface area (Å²) in [5.74, 6) is 0. The van der Waals surface area contributed by atoms with Crippen molar-refractivity contribution in [2.45, 2.75) is 47.1 Å². The Balaban J connectivity index is 2.55. The highest BCUT2D eigenvalue weighted by Crippen LogP contribution is 2.21. The van der Waals surface area contributed by atoms with Gasteiger partial charge in [0.15, 0.2) is 0 Å². The first kappa shape index (κ1) is 13.7. The zero-order chi connectivity index (χ0) is 12.2. The van der Waals surface area contributed by atoms with Crippen molar-refractivity contribution in [2.75, 3.05) is 26.2 Å². The molecule has 1 heterocycles. The molecule has 94 valence electrons. The maximum absolute atomic E-state index is 3.68. The van der Waals surface area contributed by atoms with Crippen molar-refractivity contribution in [2.24, 2.45) is 5.41 Å². The van der Waals surface area contributed by atoms with Gasteiger partial charge in [0.2, 0.25) is 0 Å². The van der Waals surface area contributed by atoms with Gasteiger partial charge < -0.3 is 5.32 Å². The molecule has 1 fully saturated rings. The van der Waals surface area contributed by atoms with Gasteiger partial charge in [0.1, 0.15) is 0 Å². The van der Waals surface area contributed by atoms with Crippen LogP contribution in [0.1, 0.15) is 41.0 Å². The number of allylic oxidation sites excluding steroid dienone is 1. The van der Waals surface area contributed by atoms with Crippen molar-refractivity contribution in [1.82, 2.24) is 10.2 Å². The van der Waals surface area contributed by atoms with E-state index < -0.39 is 0 Å². The molecule has 0 amide bonds. The summed E-state index contributed by atoms with van der Waals surface area (Å²) in [6, 6.07) is 0.612. The number of rotatable bonds is 2. The third-order valence-corrected chi connectivity index (χ3v) is 3.29. The third-order valence-electron chi connectivity index (χ3n) is 3.29. The standard InChI is InChI=1S/C14H28N2/c1-12(2)7-10-16-9-6-8-15-13(11-16)14(3,4)5/h7,13,15H,6,8-11H2,1-5H3. The van der Waals surface area contributed by atoms with Gasteiger partial charge in [-0.05, 0) is 38.8 Å². The lowest BCUT2D eigenvalue weighted by molar-refractivity contribution is 0.208. The largest absolute Gasteiger partial charge is 0.312 e. The molecule has 1 atom stereocenters. The Bertz CT molecular complexity index is 234. The Hall–Kier alpha value is -0.340. The highest BCUT2D eigenvalue weighted by atomic mass is 15.2. The van der Waals surface area contributed by atoms with Crippen molar-refractivity contribution in [1.29, 1.82) is 0 Å². The van der Waals surface area contributed by atoms with E-state index in [0.717, 1.165) is 13.1 Å². The molecule has 0 aromatic rings. The van der Waals surface area contributed by atoms with Gasteiger partial charge in [-0.25, -0.2) is 0 Å². The summed E-state index contributed by atoms with van der Waals surface area (Å²) < 4.78 is 0. The maximum atomic E-state index is 3.68. The van der Waals surface area contributed by atoms with Crippen LogP contribution in [0.25, 0.3) is 0 Å². The molecule has 2 heteroatoms. The highest BCUT2D eigenvalue weighted by molar-refractivity contribution is 4.96. The van der Waals surface area contributed by atoms with Crippen LogP contribution in [0, 0.1) is 5.41 Å². The van der Waals surface area contributed by atoms with Crippen molar-refractivity contribution in [3.8, 4) is 0 Å². The molecule has 0 aromatic carbocycles. The predicted molar refractivity (Wildman–Crippen MR) is 71.7 cm³/mol. The fourth-order valence-electron chi connectivity index (χ4n) is 2.05. The Labute approximate surface area is 101 Å². The van der Waals surface area contributed by atoms with Crippen LogP contribution in [0.3, 0.4) is 0 Å². The van der Waals surface area contributed by atoms with Crippen LogP contribution >= 0.6 is 0 Å². The minimum Gasteiger partial charge on any atom is -0.312 e. The second-order valence-electron chi connectivity index (χ2n) is 6.27. The zero-order valence-corrected chi connectivity index (χ0v) is 11.6. The molecule has 0 saturated carbocycles. The normalized spacial score (nSPS) is 23.9. The zero-order valence-electron chi connectivity index (χ0n) is 11.6. The summed E-state index contributed by atoms with van der Waals surface area (Å²) in [5, 5.41) is 3.68. The van der Waals surface area contributed by atoms with Crippen LogP contribution in [-0.2, 0) is 0 Å². The average molecular weight is 224 g/mol. The van der Waals surface area contributed by atoms with E-state index in [2.05, 4.69) is 50.9 Å². The van der Waals surface area contributed by atoms with Crippen LogP contribution in [0.2, 0.25) is 0 Å². The number of hydrogen-bond donors (Lipinski definition) is 1. The number of nitrogens with one attached hydrogen (secondary N) is 1. The smallest absolute Gasteiger partial charge is 0.0243 e. The molecule has 1 aliphatic rings. The lowest BCUT2D eigenvalue weighted by atomic mass is 9.86. The molecule has 1 saturated heterocycles. The first-order valence-electron chi connectivity index (χ1n) is 6.48. The molecule has 1 unspecified atom stereocenters. The molecule has 0 radical (unpaired) electrons. The fourth-order valence-corrected chi connectivity index (χ4v) is 2.05. The van der Waals surface area contributed by atoms with Crippen LogP contribution in [0.15, 0.2) is 11.6 Å². The topological polar surface area (TPSA) is 15.3 Å². The van der Waals surface area contributed by atoms with Gasteiger partial charge in [0, 0.05) is 19.1 Å². The van der Waals surface area contributed by atoms with Crippen molar-refractivity contribution >= 4 is 0 Å². The van der Waals surface area contributed by atoms with Crippen molar-refractivity contribution in [3.63, 3.8) is 0 Å². The second kappa shape index (κ2) is 5.83. The van der Waals surface area contributed by atoms with E-state index in [9.17, 15) is 0 Å². The van der Waals surface area contributed by atoms with Gasteiger partial charge in [0.25, 0.3) is 0 Å². The summed E-state index contributed by atoms with van der Waals surface area (Å²) in [7, 11) is 0. The molecule has 0 bridgehead atoms. The molecule has 0 spiro atoms. The number of hydrogen-bond acceptors (Lipinski definition) is 2. The van der Waals surface area contributed by atoms with Gasteiger partial charge in [0.05, 0.1) is 0 Å².